The Morgan fingerprint density at radius 1 is 1.58 bits per heavy atom. The van der Waals surface area contributed by atoms with Crippen molar-refractivity contribution in [3.8, 4) is 0 Å². The normalized spacial score (nSPS) is 16.4. The minimum atomic E-state index is 0.297. The summed E-state index contributed by atoms with van der Waals surface area (Å²) in [7, 11) is 0. The lowest BCUT2D eigenvalue weighted by molar-refractivity contribution is 0.0976. The van der Waals surface area contributed by atoms with Gasteiger partial charge in [-0.05, 0) is 34.7 Å². The first-order valence-corrected chi connectivity index (χ1v) is 5.76. The molecule has 1 aromatic heterocycles. The predicted octanol–water partition coefficient (Wildman–Crippen LogP) is 3.49. The van der Waals surface area contributed by atoms with Crippen LogP contribution in [0, 0.1) is 5.92 Å². The Labute approximate surface area is 83.9 Å². The quantitative estimate of drug-likeness (QED) is 0.745. The zero-order valence-electron chi connectivity index (χ0n) is 6.55. The maximum absolute atomic E-state index is 11.6. The minimum Gasteiger partial charge on any atom is -0.294 e. The second-order valence-corrected chi connectivity index (χ2v) is 4.80. The summed E-state index contributed by atoms with van der Waals surface area (Å²) < 4.78 is 0.957. The van der Waals surface area contributed by atoms with Gasteiger partial charge >= 0.3 is 0 Å². The molecule has 0 aliphatic heterocycles. The summed E-state index contributed by atoms with van der Waals surface area (Å²) in [5, 5.41) is 3.88. The van der Waals surface area contributed by atoms with E-state index in [-0.39, 0.29) is 0 Å². The number of Topliss-reactive ketones (excluding diaryl/α,β-unsaturated/α-hetero) is 1. The van der Waals surface area contributed by atoms with Crippen molar-refractivity contribution in [3.05, 3.63) is 20.8 Å². The van der Waals surface area contributed by atoms with Gasteiger partial charge in [-0.2, -0.15) is 11.3 Å². The molecular formula is C9H9BrOS. The van der Waals surface area contributed by atoms with Gasteiger partial charge in [-0.1, -0.05) is 0 Å². The van der Waals surface area contributed by atoms with E-state index in [0.29, 0.717) is 11.7 Å². The molecule has 1 aliphatic carbocycles. The van der Waals surface area contributed by atoms with Gasteiger partial charge in [0.2, 0.25) is 0 Å². The molecule has 0 saturated heterocycles. The largest absolute Gasteiger partial charge is 0.294 e. The highest BCUT2D eigenvalue weighted by Gasteiger charge is 2.25. The van der Waals surface area contributed by atoms with Crippen LogP contribution in [0.2, 0.25) is 0 Å². The third kappa shape index (κ3) is 1.77. The summed E-state index contributed by atoms with van der Waals surface area (Å²) in [6.45, 7) is 0. The topological polar surface area (TPSA) is 17.1 Å². The van der Waals surface area contributed by atoms with Crippen molar-refractivity contribution in [3.63, 3.8) is 0 Å². The summed E-state index contributed by atoms with van der Waals surface area (Å²) in [6, 6.07) is 0. The van der Waals surface area contributed by atoms with Crippen molar-refractivity contribution in [1.82, 2.24) is 0 Å². The van der Waals surface area contributed by atoms with E-state index < -0.39 is 0 Å². The molecule has 0 radical (unpaired) electrons. The Balaban J connectivity index is 2.07. The lowest BCUT2D eigenvalue weighted by atomic mass is 10.1. The molecule has 1 heterocycles. The lowest BCUT2D eigenvalue weighted by Crippen LogP contribution is -1.98. The molecule has 0 unspecified atom stereocenters. The van der Waals surface area contributed by atoms with Crippen molar-refractivity contribution in [1.29, 1.82) is 0 Å². The summed E-state index contributed by atoms with van der Waals surface area (Å²) in [5.74, 6) is 0.981. The zero-order valence-corrected chi connectivity index (χ0v) is 8.95. The van der Waals surface area contributed by atoms with Gasteiger partial charge in [0, 0.05) is 27.2 Å². The van der Waals surface area contributed by atoms with Crippen molar-refractivity contribution in [2.75, 3.05) is 0 Å². The summed E-state index contributed by atoms with van der Waals surface area (Å²) in [5.41, 5.74) is 0.868. The Morgan fingerprint density at radius 3 is 2.83 bits per heavy atom. The molecule has 0 amide bonds. The molecule has 0 aromatic carbocycles. The fourth-order valence-corrected chi connectivity index (χ4v) is 2.69. The second kappa shape index (κ2) is 3.30. The molecule has 3 heteroatoms. The first-order valence-electron chi connectivity index (χ1n) is 4.02. The standard InChI is InChI=1S/C9H9BrOS/c10-8-5-12-4-7(8)9(11)3-6-1-2-6/h4-6H,1-3H2. The van der Waals surface area contributed by atoms with E-state index in [2.05, 4.69) is 15.9 Å². The van der Waals surface area contributed by atoms with E-state index in [1.807, 2.05) is 10.8 Å². The van der Waals surface area contributed by atoms with Gasteiger partial charge < -0.3 is 0 Å². The Hall–Kier alpha value is -0.150. The van der Waals surface area contributed by atoms with Crippen LogP contribution in [0.3, 0.4) is 0 Å². The summed E-state index contributed by atoms with van der Waals surface area (Å²) in [6.07, 6.45) is 3.23. The van der Waals surface area contributed by atoms with Gasteiger partial charge in [0.15, 0.2) is 5.78 Å². The zero-order chi connectivity index (χ0) is 8.55. The number of carbonyl (C=O) groups excluding carboxylic acids is 1. The monoisotopic (exact) mass is 244 g/mol. The molecular weight excluding hydrogens is 236 g/mol. The van der Waals surface area contributed by atoms with Crippen molar-refractivity contribution >= 4 is 33.0 Å². The van der Waals surface area contributed by atoms with Gasteiger partial charge in [0.25, 0.3) is 0 Å². The van der Waals surface area contributed by atoms with Crippen LogP contribution in [0.25, 0.3) is 0 Å². The van der Waals surface area contributed by atoms with Crippen molar-refractivity contribution in [2.24, 2.45) is 5.92 Å². The molecule has 1 aromatic rings. The maximum Gasteiger partial charge on any atom is 0.165 e. The Bertz CT molecular complexity index is 301. The second-order valence-electron chi connectivity index (χ2n) is 3.20. The van der Waals surface area contributed by atoms with Gasteiger partial charge in [-0.15, -0.1) is 0 Å². The molecule has 1 fully saturated rings. The Kier molecular flexibility index (Phi) is 2.33. The summed E-state index contributed by atoms with van der Waals surface area (Å²) in [4.78, 5) is 11.6. The maximum atomic E-state index is 11.6. The molecule has 0 atom stereocenters. The number of rotatable bonds is 3. The first-order chi connectivity index (χ1) is 5.77. The van der Waals surface area contributed by atoms with Crippen LogP contribution in [0.15, 0.2) is 15.2 Å². The van der Waals surface area contributed by atoms with Crippen molar-refractivity contribution < 1.29 is 4.79 Å². The average Bonchev–Trinajstić information content (AvgIpc) is 2.72. The number of hydrogen-bond acceptors (Lipinski definition) is 2. The third-order valence-electron chi connectivity index (χ3n) is 2.09. The van der Waals surface area contributed by atoms with E-state index in [1.165, 1.54) is 12.8 Å². The summed E-state index contributed by atoms with van der Waals surface area (Å²) >= 11 is 4.94. The van der Waals surface area contributed by atoms with Crippen LogP contribution < -0.4 is 0 Å². The predicted molar refractivity (Wildman–Crippen MR) is 53.7 cm³/mol. The fraction of sp³-hybridized carbons (Fsp3) is 0.444. The SMILES string of the molecule is O=C(CC1CC1)c1cscc1Br. The van der Waals surface area contributed by atoms with Crippen molar-refractivity contribution in [2.45, 2.75) is 19.3 Å². The van der Waals surface area contributed by atoms with Crippen LogP contribution in [-0.2, 0) is 0 Å². The van der Waals surface area contributed by atoms with E-state index in [0.717, 1.165) is 16.5 Å². The van der Waals surface area contributed by atoms with E-state index in [4.69, 9.17) is 0 Å². The molecule has 1 nitrogen and oxygen atoms in total. The molecule has 2 rings (SSSR count). The fourth-order valence-electron chi connectivity index (χ4n) is 1.17. The highest BCUT2D eigenvalue weighted by molar-refractivity contribution is 9.10. The molecule has 1 saturated carbocycles. The van der Waals surface area contributed by atoms with E-state index in [1.54, 1.807) is 11.3 Å². The van der Waals surface area contributed by atoms with Crippen LogP contribution in [0.1, 0.15) is 29.6 Å². The molecule has 0 N–H and O–H groups in total. The van der Waals surface area contributed by atoms with Crippen LogP contribution >= 0.6 is 27.3 Å². The third-order valence-corrected chi connectivity index (χ3v) is 3.79. The highest BCUT2D eigenvalue weighted by Crippen LogP contribution is 2.34. The number of halogens is 1. The number of thiophene rings is 1. The van der Waals surface area contributed by atoms with Gasteiger partial charge in [-0.25, -0.2) is 0 Å². The average molecular weight is 245 g/mol. The van der Waals surface area contributed by atoms with Gasteiger partial charge in [-0.3, -0.25) is 4.79 Å². The smallest absolute Gasteiger partial charge is 0.165 e. The minimum absolute atomic E-state index is 0.297. The first kappa shape index (κ1) is 8.45. The van der Waals surface area contributed by atoms with Gasteiger partial charge in [0.1, 0.15) is 0 Å². The molecule has 64 valence electrons. The van der Waals surface area contributed by atoms with Crippen LogP contribution in [0.4, 0.5) is 0 Å². The molecule has 1 aliphatic rings. The number of ketones is 1. The molecule has 12 heavy (non-hydrogen) atoms. The van der Waals surface area contributed by atoms with E-state index >= 15 is 0 Å². The van der Waals surface area contributed by atoms with E-state index in [9.17, 15) is 4.79 Å². The van der Waals surface area contributed by atoms with Crippen LogP contribution in [-0.4, -0.2) is 5.78 Å². The van der Waals surface area contributed by atoms with Crippen LogP contribution in [0.5, 0.6) is 0 Å². The highest BCUT2D eigenvalue weighted by atomic mass is 79.9. The number of hydrogen-bond donors (Lipinski definition) is 0. The van der Waals surface area contributed by atoms with Gasteiger partial charge in [0.05, 0.1) is 0 Å². The number of carbonyl (C=O) groups is 1. The lowest BCUT2D eigenvalue weighted by Gasteiger charge is -1.95. The Morgan fingerprint density at radius 2 is 2.33 bits per heavy atom. The molecule has 0 bridgehead atoms. The molecule has 0 spiro atoms.